The van der Waals surface area contributed by atoms with Gasteiger partial charge in [0.2, 0.25) is 13.6 Å². The summed E-state index contributed by atoms with van der Waals surface area (Å²) in [4.78, 5) is 55.0. The average Bonchev–Trinajstić information content (AvgIpc) is 3.35. The van der Waals surface area contributed by atoms with Crippen LogP contribution in [-0.2, 0) is 44.5 Å². The molecule has 10 nitrogen and oxygen atoms in total. The van der Waals surface area contributed by atoms with E-state index in [1.165, 1.54) is 11.3 Å². The molecule has 1 N–H and O–H groups in total. The molecule has 2 atom stereocenters. The smallest absolute Gasteiger partial charge is 0.326 e. The Balaban J connectivity index is 2.19. The molecule has 11 heteroatoms. The highest BCUT2D eigenvalue weighted by atomic mass is 32.1. The van der Waals surface area contributed by atoms with Gasteiger partial charge in [0, 0.05) is 17.4 Å². The lowest BCUT2D eigenvalue weighted by Crippen LogP contribution is -2.50. The second-order valence-corrected chi connectivity index (χ2v) is 13.0. The Morgan fingerprint density at radius 1 is 0.805 bits per heavy atom. The summed E-state index contributed by atoms with van der Waals surface area (Å²) in [6.45, 7) is 12.9. The molecule has 226 valence electrons. The second kappa shape index (κ2) is 15.1. The fraction of sp³-hybridized carbons (Fsp3) is 0.567. The Labute approximate surface area is 246 Å². The molecule has 0 aliphatic rings. The van der Waals surface area contributed by atoms with Gasteiger partial charge in [0.05, 0.1) is 16.5 Å². The predicted octanol–water partition coefficient (Wildman–Crippen LogP) is 4.91. The monoisotopic (exact) mass is 590 g/mol. The Morgan fingerprint density at radius 2 is 1.32 bits per heavy atom. The van der Waals surface area contributed by atoms with Gasteiger partial charge in [-0.25, -0.2) is 4.98 Å². The van der Waals surface area contributed by atoms with Gasteiger partial charge < -0.3 is 18.9 Å². The number of ether oxygens (including phenoxy) is 4. The van der Waals surface area contributed by atoms with Crippen molar-refractivity contribution in [2.24, 2.45) is 16.7 Å². The van der Waals surface area contributed by atoms with Crippen LogP contribution in [0.5, 0.6) is 0 Å². The number of aromatic nitrogens is 1. The number of carbonyl (C=O) groups excluding carboxylic acids is 4. The largest absolute Gasteiger partial charge is 0.427 e. The molecule has 0 saturated heterocycles. The van der Waals surface area contributed by atoms with E-state index in [0.717, 1.165) is 10.6 Å². The second-order valence-electron chi connectivity index (χ2n) is 12.1. The number of thiazole rings is 1. The van der Waals surface area contributed by atoms with Gasteiger partial charge in [-0.05, 0) is 53.9 Å². The molecule has 1 aromatic carbocycles. The zero-order valence-electron chi connectivity index (χ0n) is 25.1. The van der Waals surface area contributed by atoms with Crippen molar-refractivity contribution < 1.29 is 38.1 Å². The zero-order valence-corrected chi connectivity index (χ0v) is 26.0. The maximum absolute atomic E-state index is 13.2. The summed E-state index contributed by atoms with van der Waals surface area (Å²) < 4.78 is 20.7. The number of esters is 4. The summed E-state index contributed by atoms with van der Waals surface area (Å²) in [6, 6.07) is 7.70. The molecule has 0 radical (unpaired) electrons. The van der Waals surface area contributed by atoms with Crippen molar-refractivity contribution in [3.8, 4) is 10.6 Å². The molecular formula is C30H42N2O8S. The van der Waals surface area contributed by atoms with Gasteiger partial charge in [0.25, 0.3) is 0 Å². The molecule has 0 aliphatic heterocycles. The summed E-state index contributed by atoms with van der Waals surface area (Å²) in [5.74, 6) is -2.37. The molecule has 0 fully saturated rings. The number of rotatable bonds is 13. The van der Waals surface area contributed by atoms with Gasteiger partial charge in [-0.1, -0.05) is 44.2 Å². The third kappa shape index (κ3) is 11.6. The third-order valence-corrected chi connectivity index (χ3v) is 6.61. The molecule has 0 aliphatic carbocycles. The SMILES string of the molecule is CC(C)C[C@H](NC(Cc1csc(-c2ccccc2)n1)C(=O)OCOC(=O)C(C)(C)C)C(=O)OCOC(=O)C(C)(C)C. The van der Waals surface area contributed by atoms with Crippen molar-refractivity contribution in [2.75, 3.05) is 13.6 Å². The van der Waals surface area contributed by atoms with E-state index < -0.39 is 60.4 Å². The minimum absolute atomic E-state index is 0.0607. The summed E-state index contributed by atoms with van der Waals surface area (Å²) >= 11 is 1.43. The number of carbonyl (C=O) groups is 4. The molecule has 1 heterocycles. The summed E-state index contributed by atoms with van der Waals surface area (Å²) in [5.41, 5.74) is 0.0438. The summed E-state index contributed by atoms with van der Waals surface area (Å²) in [6.07, 6.45) is 0.442. The van der Waals surface area contributed by atoms with Crippen LogP contribution >= 0.6 is 11.3 Å². The van der Waals surface area contributed by atoms with Crippen LogP contribution in [0.1, 0.15) is 67.5 Å². The quantitative estimate of drug-likeness (QED) is 0.254. The lowest BCUT2D eigenvalue weighted by Gasteiger charge is -2.25. The number of benzene rings is 1. The first kappa shape index (κ1) is 33.9. The maximum Gasteiger partial charge on any atom is 0.326 e. The van der Waals surface area contributed by atoms with Crippen molar-refractivity contribution >= 4 is 35.2 Å². The Hall–Kier alpha value is -3.31. The number of nitrogens with one attached hydrogen (secondary N) is 1. The summed E-state index contributed by atoms with van der Waals surface area (Å²) in [7, 11) is 0. The molecule has 0 saturated carbocycles. The Morgan fingerprint density at radius 3 is 1.80 bits per heavy atom. The van der Waals surface area contributed by atoms with Crippen molar-refractivity contribution in [3.05, 3.63) is 41.4 Å². The molecule has 2 aromatic rings. The van der Waals surface area contributed by atoms with Crippen molar-refractivity contribution in [3.63, 3.8) is 0 Å². The zero-order chi connectivity index (χ0) is 30.8. The van der Waals surface area contributed by atoms with Crippen LogP contribution in [-0.4, -0.2) is 54.5 Å². The molecule has 1 unspecified atom stereocenters. The van der Waals surface area contributed by atoms with E-state index in [2.05, 4.69) is 10.3 Å². The van der Waals surface area contributed by atoms with Gasteiger partial charge >= 0.3 is 23.9 Å². The van der Waals surface area contributed by atoms with E-state index >= 15 is 0 Å². The lowest BCUT2D eigenvalue weighted by atomic mass is 9.97. The third-order valence-electron chi connectivity index (χ3n) is 5.67. The minimum atomic E-state index is -1.01. The van der Waals surface area contributed by atoms with Crippen LogP contribution in [0, 0.1) is 16.7 Å². The molecular weight excluding hydrogens is 548 g/mol. The number of nitrogens with zero attached hydrogens (tertiary/aromatic N) is 1. The van der Waals surface area contributed by atoms with Crippen molar-refractivity contribution in [1.82, 2.24) is 10.3 Å². The van der Waals surface area contributed by atoms with Crippen LogP contribution in [0.2, 0.25) is 0 Å². The van der Waals surface area contributed by atoms with Gasteiger partial charge in [-0.3, -0.25) is 24.5 Å². The molecule has 0 spiro atoms. The number of hydrogen-bond donors (Lipinski definition) is 1. The predicted molar refractivity (Wildman–Crippen MR) is 154 cm³/mol. The highest BCUT2D eigenvalue weighted by Crippen LogP contribution is 2.24. The molecule has 2 rings (SSSR count). The first-order valence-electron chi connectivity index (χ1n) is 13.5. The Kier molecular flexibility index (Phi) is 12.5. The van der Waals surface area contributed by atoms with Gasteiger partial charge in [0.15, 0.2) is 0 Å². The first-order valence-corrected chi connectivity index (χ1v) is 14.4. The van der Waals surface area contributed by atoms with E-state index in [-0.39, 0.29) is 12.3 Å². The first-order chi connectivity index (χ1) is 19.1. The van der Waals surface area contributed by atoms with E-state index in [4.69, 9.17) is 18.9 Å². The lowest BCUT2D eigenvalue weighted by molar-refractivity contribution is -0.175. The summed E-state index contributed by atoms with van der Waals surface area (Å²) in [5, 5.41) is 5.68. The average molecular weight is 591 g/mol. The van der Waals surface area contributed by atoms with Crippen LogP contribution in [0.4, 0.5) is 0 Å². The van der Waals surface area contributed by atoms with Crippen LogP contribution in [0.3, 0.4) is 0 Å². The highest BCUT2D eigenvalue weighted by molar-refractivity contribution is 7.13. The van der Waals surface area contributed by atoms with E-state index in [9.17, 15) is 19.2 Å². The normalized spacial score (nSPS) is 13.3. The van der Waals surface area contributed by atoms with E-state index in [1.807, 2.05) is 49.6 Å². The van der Waals surface area contributed by atoms with Crippen molar-refractivity contribution in [1.29, 1.82) is 0 Å². The number of hydrogen-bond acceptors (Lipinski definition) is 11. The molecule has 1 aromatic heterocycles. The van der Waals surface area contributed by atoms with Crippen LogP contribution in [0.25, 0.3) is 10.6 Å². The topological polar surface area (TPSA) is 130 Å². The fourth-order valence-corrected chi connectivity index (χ4v) is 4.24. The molecule has 0 amide bonds. The van der Waals surface area contributed by atoms with Crippen molar-refractivity contribution in [2.45, 2.75) is 80.3 Å². The van der Waals surface area contributed by atoms with E-state index in [0.29, 0.717) is 12.1 Å². The van der Waals surface area contributed by atoms with Crippen LogP contribution < -0.4 is 5.32 Å². The van der Waals surface area contributed by atoms with Gasteiger partial charge in [-0.2, -0.15) is 0 Å². The fourth-order valence-electron chi connectivity index (χ4n) is 3.40. The maximum atomic E-state index is 13.2. The van der Waals surface area contributed by atoms with Gasteiger partial charge in [0.1, 0.15) is 17.1 Å². The standard InChI is InChI=1S/C30H42N2O8S/c1-19(2)14-22(25(33)37-17-39-27(35)29(3,4)5)32-23(26(34)38-18-40-28(36)30(6,7)8)15-21-16-41-24(31-21)20-12-10-9-11-13-20/h9-13,16,19,22-23,32H,14-15,17-18H2,1-8H3/t22-,23?/m0/s1. The Bertz CT molecular complexity index is 1170. The van der Waals surface area contributed by atoms with Gasteiger partial charge in [-0.15, -0.1) is 11.3 Å². The van der Waals surface area contributed by atoms with E-state index in [1.54, 1.807) is 41.5 Å². The van der Waals surface area contributed by atoms with Crippen LogP contribution in [0.15, 0.2) is 35.7 Å². The minimum Gasteiger partial charge on any atom is -0.427 e. The molecule has 41 heavy (non-hydrogen) atoms. The molecule has 0 bridgehead atoms. The highest BCUT2D eigenvalue weighted by Gasteiger charge is 2.31.